The number of aliphatic hydroxyl groups excluding tert-OH is 1. The number of allylic oxidation sites excluding steroid dienone is 18. The van der Waals surface area contributed by atoms with E-state index < -0.39 is 97.5 Å². The molecule has 0 radical (unpaired) electrons. The van der Waals surface area contributed by atoms with Crippen LogP contribution < -0.4 is 0 Å². The Hall–Kier alpha value is -4.28. The van der Waals surface area contributed by atoms with E-state index in [2.05, 4.69) is 119 Å². The van der Waals surface area contributed by atoms with E-state index in [-0.39, 0.29) is 25.7 Å². The van der Waals surface area contributed by atoms with Crippen molar-refractivity contribution in [1.29, 1.82) is 0 Å². The summed E-state index contributed by atoms with van der Waals surface area (Å²) in [6.07, 6.45) is 83.6. The van der Waals surface area contributed by atoms with Crippen LogP contribution in [0.3, 0.4) is 0 Å². The van der Waals surface area contributed by atoms with Gasteiger partial charge in [-0.05, 0) is 141 Å². The van der Waals surface area contributed by atoms with Crippen LogP contribution in [0, 0.1) is 0 Å². The largest absolute Gasteiger partial charge is 0.472 e. The van der Waals surface area contributed by atoms with Gasteiger partial charge in [0.05, 0.1) is 26.4 Å². The van der Waals surface area contributed by atoms with Crippen molar-refractivity contribution in [2.75, 3.05) is 39.6 Å². The van der Waals surface area contributed by atoms with E-state index in [1.807, 2.05) is 18.2 Å². The highest BCUT2D eigenvalue weighted by Gasteiger charge is 2.30. The molecule has 0 fully saturated rings. The molecular weight excluding hydrogens is 1350 g/mol. The van der Waals surface area contributed by atoms with Crippen molar-refractivity contribution in [3.63, 3.8) is 0 Å². The predicted molar refractivity (Wildman–Crippen MR) is 427 cm³/mol. The number of aliphatic hydroxyl groups is 1. The Morgan fingerprint density at radius 3 is 0.837 bits per heavy atom. The van der Waals surface area contributed by atoms with Gasteiger partial charge in [0.15, 0.2) is 12.2 Å². The molecule has 5 atom stereocenters. The Morgan fingerprint density at radius 2 is 0.519 bits per heavy atom. The lowest BCUT2D eigenvalue weighted by molar-refractivity contribution is -0.161. The van der Waals surface area contributed by atoms with Crippen molar-refractivity contribution in [2.24, 2.45) is 0 Å². The number of phosphoric ester groups is 2. The standard InChI is InChI=1S/C85H148O17P2/c1-5-9-13-17-21-25-29-33-37-38-39-40-44-46-50-54-58-62-66-70-83(88)96-76-81(102-85(90)72-68-64-60-56-52-48-43-36-32-28-24-20-16-12-8-4)78-100-104(93,94)98-74-79(86)73-97-103(91,92)99-77-80(101-84(89)71-67-63-59-55-51-47-42-35-31-27-23-19-15-11-7-3)75-95-82(87)69-65-61-57-53-49-45-41-34-30-26-22-18-14-10-6-2/h9,13,21,25-26,28,30,32-33,35,37,39-40,42,46,50,58,62,79-81,86H,5-8,10-12,14-20,22-24,27,29,31,34,36,38,41,43-45,47-49,51-57,59-61,63-78H2,1-4H3,(H,91,92)(H,93,94)/b13-9-,25-21-,30-26-,32-28-,37-33-,40-39-,42-35-,50-46-,62-58-/t79-,80+,81+/m0/s1. The van der Waals surface area contributed by atoms with Crippen molar-refractivity contribution >= 4 is 39.5 Å². The summed E-state index contributed by atoms with van der Waals surface area (Å²) in [5, 5.41) is 10.6. The first-order chi connectivity index (χ1) is 50.7. The molecule has 17 nitrogen and oxygen atoms in total. The van der Waals surface area contributed by atoms with Gasteiger partial charge in [0.2, 0.25) is 0 Å². The SMILES string of the molecule is CC/C=C\C/C=C\C/C=C\C/C=C\C/C=C\C/C=C\CCC(=O)OC[C@H](COP(=O)(O)OC[C@@H](O)COP(=O)(O)OC[C@@H](COC(=O)CCCCCCCCC/C=C\CCCCCC)OC(=O)CCCCCCC/C=C\CCCCCCCC)OC(=O)CCCCCCCCC/C=C\CCCCCC. The summed E-state index contributed by atoms with van der Waals surface area (Å²) < 4.78 is 68.6. The maximum atomic E-state index is 13.1. The zero-order valence-corrected chi connectivity index (χ0v) is 67.5. The molecule has 0 bridgehead atoms. The number of phosphoric acid groups is 2. The Balaban J connectivity index is 5.42. The number of hydrogen-bond donors (Lipinski definition) is 3. The van der Waals surface area contributed by atoms with Crippen LogP contribution in [0.5, 0.6) is 0 Å². The molecule has 3 N–H and O–H groups in total. The Kier molecular flexibility index (Phi) is 73.7. The monoisotopic (exact) mass is 1500 g/mol. The maximum absolute atomic E-state index is 13.1. The van der Waals surface area contributed by atoms with Gasteiger partial charge in [-0.1, -0.05) is 291 Å². The van der Waals surface area contributed by atoms with Crippen LogP contribution in [-0.4, -0.2) is 96.7 Å². The summed E-state index contributed by atoms with van der Waals surface area (Å²) in [6.45, 7) is 4.67. The number of carbonyl (C=O) groups is 4. The molecule has 0 saturated carbocycles. The molecule has 0 saturated heterocycles. The molecule has 0 amide bonds. The molecule has 0 aromatic heterocycles. The summed E-state index contributed by atoms with van der Waals surface area (Å²) in [5.74, 6) is -2.28. The van der Waals surface area contributed by atoms with Crippen LogP contribution in [0.15, 0.2) is 109 Å². The molecule has 600 valence electrons. The van der Waals surface area contributed by atoms with E-state index in [1.54, 1.807) is 0 Å². The summed E-state index contributed by atoms with van der Waals surface area (Å²) in [7, 11) is -9.98. The van der Waals surface area contributed by atoms with E-state index in [0.29, 0.717) is 32.1 Å². The van der Waals surface area contributed by atoms with Gasteiger partial charge in [0.25, 0.3) is 0 Å². The molecule has 2 unspecified atom stereocenters. The Bertz CT molecular complexity index is 2390. The van der Waals surface area contributed by atoms with Gasteiger partial charge in [0.1, 0.15) is 19.3 Å². The molecule has 0 spiro atoms. The summed E-state index contributed by atoms with van der Waals surface area (Å²) in [4.78, 5) is 73.1. The molecular formula is C85H148O17P2. The highest BCUT2D eigenvalue weighted by molar-refractivity contribution is 7.47. The van der Waals surface area contributed by atoms with Crippen molar-refractivity contribution < 1.29 is 80.2 Å². The maximum Gasteiger partial charge on any atom is 0.472 e. The van der Waals surface area contributed by atoms with Crippen molar-refractivity contribution in [3.8, 4) is 0 Å². The van der Waals surface area contributed by atoms with E-state index in [0.717, 1.165) is 161 Å². The minimum Gasteiger partial charge on any atom is -0.462 e. The highest BCUT2D eigenvalue weighted by atomic mass is 31.2. The van der Waals surface area contributed by atoms with E-state index in [4.69, 9.17) is 37.0 Å². The number of esters is 4. The first-order valence-corrected chi connectivity index (χ1v) is 44.1. The first kappa shape index (κ1) is 99.7. The molecule has 0 heterocycles. The van der Waals surface area contributed by atoms with Crippen molar-refractivity contribution in [3.05, 3.63) is 109 Å². The molecule has 0 aliphatic carbocycles. The molecule has 0 rings (SSSR count). The van der Waals surface area contributed by atoms with Crippen LogP contribution >= 0.6 is 15.6 Å². The second-order valence-electron chi connectivity index (χ2n) is 27.3. The van der Waals surface area contributed by atoms with Crippen LogP contribution in [0.2, 0.25) is 0 Å². The second kappa shape index (κ2) is 76.9. The fourth-order valence-corrected chi connectivity index (χ4v) is 12.5. The Morgan fingerprint density at radius 1 is 0.279 bits per heavy atom. The highest BCUT2D eigenvalue weighted by Crippen LogP contribution is 2.45. The molecule has 0 aliphatic heterocycles. The van der Waals surface area contributed by atoms with E-state index >= 15 is 0 Å². The lowest BCUT2D eigenvalue weighted by Crippen LogP contribution is -2.30. The third kappa shape index (κ3) is 75.9. The second-order valence-corrected chi connectivity index (χ2v) is 30.2. The third-order valence-corrected chi connectivity index (χ3v) is 19.1. The van der Waals surface area contributed by atoms with Gasteiger partial charge in [0, 0.05) is 25.7 Å². The van der Waals surface area contributed by atoms with E-state index in [9.17, 15) is 43.2 Å². The van der Waals surface area contributed by atoms with Crippen molar-refractivity contribution in [1.82, 2.24) is 0 Å². The average molecular weight is 1500 g/mol. The quantitative estimate of drug-likeness (QED) is 0.0169. The van der Waals surface area contributed by atoms with Gasteiger partial charge < -0.3 is 33.8 Å². The minimum atomic E-state index is -5.00. The van der Waals surface area contributed by atoms with Crippen LogP contribution in [0.4, 0.5) is 0 Å². The van der Waals surface area contributed by atoms with Gasteiger partial charge >= 0.3 is 39.5 Å². The number of rotatable bonds is 77. The lowest BCUT2D eigenvalue weighted by atomic mass is 10.1. The van der Waals surface area contributed by atoms with Gasteiger partial charge in [-0.25, -0.2) is 9.13 Å². The topological polar surface area (TPSA) is 237 Å². The molecule has 0 aliphatic rings. The Labute approximate surface area is 632 Å². The number of hydrogen-bond acceptors (Lipinski definition) is 15. The minimum absolute atomic E-state index is 0.0349. The lowest BCUT2D eigenvalue weighted by Gasteiger charge is -2.21. The normalized spacial score (nSPS) is 14.4. The van der Waals surface area contributed by atoms with E-state index in [1.165, 1.54) is 103 Å². The summed E-state index contributed by atoms with van der Waals surface area (Å²) >= 11 is 0. The van der Waals surface area contributed by atoms with Gasteiger partial charge in [-0.15, -0.1) is 0 Å². The molecule has 0 aromatic rings. The van der Waals surface area contributed by atoms with Gasteiger partial charge in [-0.3, -0.25) is 37.3 Å². The molecule has 0 aromatic carbocycles. The zero-order chi connectivity index (χ0) is 76.0. The van der Waals surface area contributed by atoms with Crippen LogP contribution in [-0.2, 0) is 65.4 Å². The fourth-order valence-electron chi connectivity index (χ4n) is 10.9. The van der Waals surface area contributed by atoms with Gasteiger partial charge in [-0.2, -0.15) is 0 Å². The fraction of sp³-hybridized carbons (Fsp3) is 0.741. The smallest absolute Gasteiger partial charge is 0.462 e. The molecule has 19 heteroatoms. The number of carbonyl (C=O) groups excluding carboxylic acids is 4. The van der Waals surface area contributed by atoms with Crippen LogP contribution in [0.25, 0.3) is 0 Å². The average Bonchev–Trinajstić information content (AvgIpc) is 0.918. The number of unbranched alkanes of at least 4 members (excludes halogenated alkanes) is 33. The summed E-state index contributed by atoms with van der Waals surface area (Å²) in [6, 6.07) is 0. The molecule has 104 heavy (non-hydrogen) atoms. The predicted octanol–water partition coefficient (Wildman–Crippen LogP) is 24.1. The summed E-state index contributed by atoms with van der Waals surface area (Å²) in [5.41, 5.74) is 0. The van der Waals surface area contributed by atoms with Crippen LogP contribution in [0.1, 0.15) is 349 Å². The van der Waals surface area contributed by atoms with Crippen molar-refractivity contribution in [2.45, 2.75) is 367 Å². The number of ether oxygens (including phenoxy) is 4. The zero-order valence-electron chi connectivity index (χ0n) is 65.7. The third-order valence-electron chi connectivity index (χ3n) is 17.2. The first-order valence-electron chi connectivity index (χ1n) is 41.1.